The highest BCUT2D eigenvalue weighted by atomic mass is 79.9. The molecule has 0 amide bonds. The first-order valence-corrected chi connectivity index (χ1v) is 7.18. The van der Waals surface area contributed by atoms with Gasteiger partial charge in [0.1, 0.15) is 5.76 Å². The second-order valence-corrected chi connectivity index (χ2v) is 5.39. The molecule has 6 heteroatoms. The molecule has 0 saturated heterocycles. The number of aromatic nitrogens is 2. The van der Waals surface area contributed by atoms with Crippen molar-refractivity contribution in [3.8, 4) is 0 Å². The van der Waals surface area contributed by atoms with E-state index in [0.717, 1.165) is 17.9 Å². The molecule has 0 spiro atoms. The van der Waals surface area contributed by atoms with E-state index in [4.69, 9.17) is 10.3 Å². The zero-order valence-corrected chi connectivity index (χ0v) is 12.7. The highest BCUT2D eigenvalue weighted by Crippen LogP contribution is 2.22. The van der Waals surface area contributed by atoms with Crippen molar-refractivity contribution in [1.29, 1.82) is 0 Å². The van der Waals surface area contributed by atoms with Crippen molar-refractivity contribution in [2.45, 2.75) is 38.8 Å². The molecule has 104 valence electrons. The molecule has 2 aromatic heterocycles. The summed E-state index contributed by atoms with van der Waals surface area (Å²) in [4.78, 5) is 0. The Morgan fingerprint density at radius 2 is 2.26 bits per heavy atom. The minimum Gasteiger partial charge on any atom is -0.453 e. The molecule has 0 aliphatic carbocycles. The van der Waals surface area contributed by atoms with Crippen LogP contribution >= 0.6 is 15.9 Å². The highest BCUT2D eigenvalue weighted by molar-refractivity contribution is 9.10. The molecular formula is C13H19BrN4O. The average molecular weight is 327 g/mol. The van der Waals surface area contributed by atoms with Crippen LogP contribution in [0, 0.1) is 0 Å². The molecule has 0 saturated carbocycles. The fourth-order valence-electron chi connectivity index (χ4n) is 1.89. The van der Waals surface area contributed by atoms with Crippen LogP contribution in [0.3, 0.4) is 0 Å². The van der Waals surface area contributed by atoms with Gasteiger partial charge in [-0.2, -0.15) is 5.10 Å². The lowest BCUT2D eigenvalue weighted by Gasteiger charge is -2.12. The van der Waals surface area contributed by atoms with Crippen molar-refractivity contribution < 1.29 is 4.42 Å². The van der Waals surface area contributed by atoms with Crippen LogP contribution in [0.1, 0.15) is 43.8 Å². The van der Waals surface area contributed by atoms with Gasteiger partial charge in [0.2, 0.25) is 0 Å². The Bertz CT molecular complexity index is 522. The van der Waals surface area contributed by atoms with E-state index in [1.165, 1.54) is 0 Å². The van der Waals surface area contributed by atoms with Crippen LogP contribution in [0.2, 0.25) is 0 Å². The van der Waals surface area contributed by atoms with Crippen molar-refractivity contribution in [2.24, 2.45) is 5.84 Å². The number of hydrogen-bond donors (Lipinski definition) is 2. The van der Waals surface area contributed by atoms with Crippen molar-refractivity contribution in [3.05, 3.63) is 40.5 Å². The van der Waals surface area contributed by atoms with Crippen LogP contribution < -0.4 is 11.3 Å². The second kappa shape index (κ2) is 6.36. The molecule has 0 bridgehead atoms. The van der Waals surface area contributed by atoms with Gasteiger partial charge in [0, 0.05) is 18.7 Å². The summed E-state index contributed by atoms with van der Waals surface area (Å²) in [6, 6.07) is 6.12. The summed E-state index contributed by atoms with van der Waals surface area (Å²) in [5, 5.41) is 4.57. The maximum atomic E-state index is 5.59. The lowest BCUT2D eigenvalue weighted by Crippen LogP contribution is -2.29. The number of halogens is 1. The smallest absolute Gasteiger partial charge is 0.169 e. The van der Waals surface area contributed by atoms with Gasteiger partial charge in [-0.15, -0.1) is 0 Å². The van der Waals surface area contributed by atoms with E-state index < -0.39 is 0 Å². The molecule has 2 atom stereocenters. The SMILES string of the molecule is CCC(C)n1ccc(CC(NN)c2ccc(Br)o2)n1. The van der Waals surface area contributed by atoms with Gasteiger partial charge in [-0.05, 0) is 47.5 Å². The van der Waals surface area contributed by atoms with E-state index in [1.807, 2.05) is 29.1 Å². The minimum atomic E-state index is -0.0772. The standard InChI is InChI=1S/C13H19BrN4O/c1-3-9(2)18-7-6-10(17-18)8-11(16-15)12-4-5-13(14)19-12/h4-7,9,11,16H,3,8,15H2,1-2H3. The van der Waals surface area contributed by atoms with Crippen LogP contribution in [-0.4, -0.2) is 9.78 Å². The fourth-order valence-corrected chi connectivity index (χ4v) is 2.20. The Hall–Kier alpha value is -1.11. The molecule has 19 heavy (non-hydrogen) atoms. The summed E-state index contributed by atoms with van der Waals surface area (Å²) in [5.41, 5.74) is 3.76. The van der Waals surface area contributed by atoms with Crippen LogP contribution in [0.4, 0.5) is 0 Å². The second-order valence-electron chi connectivity index (χ2n) is 4.61. The summed E-state index contributed by atoms with van der Waals surface area (Å²) in [5.74, 6) is 6.39. The Balaban J connectivity index is 2.08. The van der Waals surface area contributed by atoms with Crippen molar-refractivity contribution >= 4 is 15.9 Å². The van der Waals surface area contributed by atoms with Crippen LogP contribution in [0.25, 0.3) is 0 Å². The predicted octanol–water partition coefficient (Wildman–Crippen LogP) is 2.96. The molecular weight excluding hydrogens is 308 g/mol. The normalized spacial score (nSPS) is 14.5. The number of furan rings is 1. The number of nitrogens with zero attached hydrogens (tertiary/aromatic N) is 2. The highest BCUT2D eigenvalue weighted by Gasteiger charge is 2.16. The monoisotopic (exact) mass is 326 g/mol. The maximum absolute atomic E-state index is 5.59. The number of nitrogens with two attached hydrogens (primary N) is 1. The zero-order valence-electron chi connectivity index (χ0n) is 11.1. The van der Waals surface area contributed by atoms with Crippen LogP contribution in [-0.2, 0) is 6.42 Å². The first-order chi connectivity index (χ1) is 9.13. The third kappa shape index (κ3) is 3.46. The molecule has 2 heterocycles. The average Bonchev–Trinajstić information content (AvgIpc) is 3.04. The van der Waals surface area contributed by atoms with Gasteiger partial charge < -0.3 is 4.42 Å². The first kappa shape index (κ1) is 14.3. The Labute approximate surface area is 121 Å². The molecule has 0 aliphatic heterocycles. The molecule has 2 rings (SSSR count). The van der Waals surface area contributed by atoms with E-state index in [0.29, 0.717) is 17.1 Å². The molecule has 3 N–H and O–H groups in total. The van der Waals surface area contributed by atoms with Crippen molar-refractivity contribution in [1.82, 2.24) is 15.2 Å². The topological polar surface area (TPSA) is 69.0 Å². The van der Waals surface area contributed by atoms with Gasteiger partial charge in [0.25, 0.3) is 0 Å². The maximum Gasteiger partial charge on any atom is 0.169 e. The number of hydrazine groups is 1. The van der Waals surface area contributed by atoms with E-state index >= 15 is 0 Å². The van der Waals surface area contributed by atoms with Gasteiger partial charge >= 0.3 is 0 Å². The predicted molar refractivity (Wildman–Crippen MR) is 77.4 cm³/mol. The third-order valence-electron chi connectivity index (χ3n) is 3.26. The zero-order chi connectivity index (χ0) is 13.8. The van der Waals surface area contributed by atoms with Gasteiger partial charge in [-0.3, -0.25) is 10.5 Å². The molecule has 0 aliphatic rings. The first-order valence-electron chi connectivity index (χ1n) is 6.39. The summed E-state index contributed by atoms with van der Waals surface area (Å²) >= 11 is 3.29. The number of nitrogens with one attached hydrogen (secondary N) is 1. The molecule has 0 fully saturated rings. The lowest BCUT2D eigenvalue weighted by atomic mass is 10.1. The summed E-state index contributed by atoms with van der Waals surface area (Å²) in [7, 11) is 0. The summed E-state index contributed by atoms with van der Waals surface area (Å²) < 4.78 is 8.21. The van der Waals surface area contributed by atoms with Gasteiger partial charge in [-0.25, -0.2) is 5.43 Å². The van der Waals surface area contributed by atoms with E-state index in [1.54, 1.807) is 0 Å². The summed E-state index contributed by atoms with van der Waals surface area (Å²) in [6.07, 6.45) is 3.76. The van der Waals surface area contributed by atoms with Gasteiger partial charge in [0.15, 0.2) is 4.67 Å². The molecule has 5 nitrogen and oxygen atoms in total. The Morgan fingerprint density at radius 1 is 1.47 bits per heavy atom. The molecule has 2 aromatic rings. The quantitative estimate of drug-likeness (QED) is 0.632. The fraction of sp³-hybridized carbons (Fsp3) is 0.462. The lowest BCUT2D eigenvalue weighted by molar-refractivity contribution is 0.399. The Morgan fingerprint density at radius 3 is 2.84 bits per heavy atom. The Kier molecular flexibility index (Phi) is 4.79. The summed E-state index contributed by atoms with van der Waals surface area (Å²) in [6.45, 7) is 4.30. The van der Waals surface area contributed by atoms with E-state index in [9.17, 15) is 0 Å². The minimum absolute atomic E-state index is 0.0772. The molecule has 2 unspecified atom stereocenters. The third-order valence-corrected chi connectivity index (χ3v) is 3.68. The number of hydrogen-bond acceptors (Lipinski definition) is 4. The van der Waals surface area contributed by atoms with E-state index in [2.05, 4.69) is 40.3 Å². The largest absolute Gasteiger partial charge is 0.453 e. The molecule has 0 radical (unpaired) electrons. The van der Waals surface area contributed by atoms with E-state index in [-0.39, 0.29) is 6.04 Å². The van der Waals surface area contributed by atoms with Crippen molar-refractivity contribution in [2.75, 3.05) is 0 Å². The van der Waals surface area contributed by atoms with Gasteiger partial charge in [0.05, 0.1) is 11.7 Å². The number of rotatable bonds is 6. The molecule has 0 aromatic carbocycles. The van der Waals surface area contributed by atoms with Crippen molar-refractivity contribution in [3.63, 3.8) is 0 Å². The van der Waals surface area contributed by atoms with Crippen LogP contribution in [0.5, 0.6) is 0 Å². The van der Waals surface area contributed by atoms with Crippen LogP contribution in [0.15, 0.2) is 33.5 Å². The van der Waals surface area contributed by atoms with Gasteiger partial charge in [-0.1, -0.05) is 6.92 Å².